The van der Waals surface area contributed by atoms with Crippen molar-refractivity contribution in [1.82, 2.24) is 4.90 Å². The number of aldehydes is 1. The fraction of sp³-hybridized carbons (Fsp3) is 0.133. The second-order valence-corrected chi connectivity index (χ2v) is 4.23. The highest BCUT2D eigenvalue weighted by atomic mass is 16.3. The zero-order valence-corrected chi connectivity index (χ0v) is 10.2. The molecule has 92 valence electrons. The van der Waals surface area contributed by atoms with Gasteiger partial charge >= 0.3 is 0 Å². The van der Waals surface area contributed by atoms with Crippen molar-refractivity contribution in [3.8, 4) is 5.75 Å². The number of aromatic hydroxyl groups is 1. The van der Waals surface area contributed by atoms with Gasteiger partial charge in [0.15, 0.2) is 6.29 Å². The largest absolute Gasteiger partial charge is 0.507 e. The quantitative estimate of drug-likeness (QED) is 0.827. The van der Waals surface area contributed by atoms with Gasteiger partial charge < -0.3 is 10.0 Å². The molecule has 1 heterocycles. The molecule has 3 heteroatoms. The summed E-state index contributed by atoms with van der Waals surface area (Å²) in [5, 5.41) is 9.40. The third-order valence-corrected chi connectivity index (χ3v) is 2.78. The molecule has 0 atom stereocenters. The molecule has 0 bridgehead atoms. The fourth-order valence-corrected chi connectivity index (χ4v) is 1.68. The van der Waals surface area contributed by atoms with E-state index >= 15 is 0 Å². The van der Waals surface area contributed by atoms with Crippen molar-refractivity contribution in [3.05, 3.63) is 59.3 Å². The molecule has 3 nitrogen and oxygen atoms in total. The normalized spacial score (nSPS) is 14.9. The lowest BCUT2D eigenvalue weighted by molar-refractivity contribution is 0.112. The Bertz CT molecular complexity index is 541. The van der Waals surface area contributed by atoms with Gasteiger partial charge in [-0.25, -0.2) is 0 Å². The highest BCUT2D eigenvalue weighted by Gasteiger charge is 2.00. The Labute approximate surface area is 106 Å². The predicted molar refractivity (Wildman–Crippen MR) is 72.4 cm³/mol. The van der Waals surface area contributed by atoms with Crippen LogP contribution in [-0.2, 0) is 0 Å². The molecule has 1 aliphatic heterocycles. The molecule has 1 aliphatic rings. The van der Waals surface area contributed by atoms with Crippen molar-refractivity contribution >= 4 is 12.4 Å². The summed E-state index contributed by atoms with van der Waals surface area (Å²) in [6.07, 6.45) is 10.7. The second kappa shape index (κ2) is 5.36. The van der Waals surface area contributed by atoms with E-state index in [-0.39, 0.29) is 5.75 Å². The number of hydrogen-bond donors (Lipinski definition) is 1. The van der Waals surface area contributed by atoms with Crippen molar-refractivity contribution in [1.29, 1.82) is 0 Å². The summed E-state index contributed by atoms with van der Waals surface area (Å²) in [5.41, 5.74) is 2.34. The lowest BCUT2D eigenvalue weighted by Gasteiger charge is -2.15. The molecule has 0 spiro atoms. The second-order valence-electron chi connectivity index (χ2n) is 4.23. The van der Waals surface area contributed by atoms with Crippen LogP contribution in [0.15, 0.2) is 48.2 Å². The monoisotopic (exact) mass is 241 g/mol. The number of likely N-dealkylation sites (N-methyl/N-ethyl adjacent to an activating group) is 1. The van der Waals surface area contributed by atoms with Gasteiger partial charge in [-0.05, 0) is 35.5 Å². The molecule has 1 aromatic rings. The molecule has 0 radical (unpaired) electrons. The van der Waals surface area contributed by atoms with Crippen LogP contribution in [0.5, 0.6) is 5.75 Å². The highest BCUT2D eigenvalue weighted by Crippen LogP contribution is 2.18. The molecule has 0 aliphatic carbocycles. The van der Waals surface area contributed by atoms with E-state index in [0.717, 1.165) is 17.7 Å². The van der Waals surface area contributed by atoms with E-state index in [0.29, 0.717) is 11.8 Å². The maximum atomic E-state index is 10.7. The minimum absolute atomic E-state index is 0.0144. The van der Waals surface area contributed by atoms with Crippen LogP contribution >= 0.6 is 0 Å². The van der Waals surface area contributed by atoms with E-state index in [1.807, 2.05) is 31.5 Å². The van der Waals surface area contributed by atoms with Gasteiger partial charge in [-0.3, -0.25) is 4.79 Å². The first-order chi connectivity index (χ1) is 8.69. The molecular weight excluding hydrogens is 226 g/mol. The number of phenolic OH excluding ortho intramolecular Hbond substituents is 1. The van der Waals surface area contributed by atoms with Gasteiger partial charge in [0.05, 0.1) is 5.56 Å². The van der Waals surface area contributed by atoms with Crippen molar-refractivity contribution in [2.24, 2.45) is 0 Å². The minimum Gasteiger partial charge on any atom is -0.507 e. The lowest BCUT2D eigenvalue weighted by atomic mass is 10.1. The van der Waals surface area contributed by atoms with E-state index in [2.05, 4.69) is 11.0 Å². The third-order valence-electron chi connectivity index (χ3n) is 2.78. The Morgan fingerprint density at radius 3 is 2.83 bits per heavy atom. The Hall–Kier alpha value is -2.29. The molecule has 1 aromatic carbocycles. The number of benzene rings is 1. The van der Waals surface area contributed by atoms with Crippen LogP contribution in [0.25, 0.3) is 6.08 Å². The summed E-state index contributed by atoms with van der Waals surface area (Å²) in [6, 6.07) is 4.97. The number of carbonyl (C=O) groups excluding carboxylic acids is 1. The van der Waals surface area contributed by atoms with Gasteiger partial charge in [-0.1, -0.05) is 24.3 Å². The SMILES string of the molecule is CN1C=CC(/C=C/c2ccc(O)c(C=O)c2)=CC1. The molecule has 0 unspecified atom stereocenters. The number of carbonyl (C=O) groups is 1. The average molecular weight is 241 g/mol. The summed E-state index contributed by atoms with van der Waals surface area (Å²) >= 11 is 0. The highest BCUT2D eigenvalue weighted by molar-refractivity contribution is 5.80. The van der Waals surface area contributed by atoms with Crippen LogP contribution in [0.4, 0.5) is 0 Å². The minimum atomic E-state index is 0.0144. The number of rotatable bonds is 3. The molecule has 18 heavy (non-hydrogen) atoms. The van der Waals surface area contributed by atoms with Crippen LogP contribution in [0.1, 0.15) is 15.9 Å². The first kappa shape index (κ1) is 12.2. The molecule has 0 aromatic heterocycles. The van der Waals surface area contributed by atoms with Crippen molar-refractivity contribution in [2.75, 3.05) is 13.6 Å². The summed E-state index contributed by atoms with van der Waals surface area (Å²) in [6.45, 7) is 0.894. The fourth-order valence-electron chi connectivity index (χ4n) is 1.68. The lowest BCUT2D eigenvalue weighted by Crippen LogP contribution is -2.12. The Balaban J connectivity index is 2.14. The third kappa shape index (κ3) is 2.88. The zero-order chi connectivity index (χ0) is 13.0. The predicted octanol–water partition coefficient (Wildman–Crippen LogP) is 2.60. The Kier molecular flexibility index (Phi) is 3.63. The van der Waals surface area contributed by atoms with Gasteiger partial charge in [-0.15, -0.1) is 0 Å². The first-order valence-corrected chi connectivity index (χ1v) is 5.74. The number of hydrogen-bond acceptors (Lipinski definition) is 3. The topological polar surface area (TPSA) is 40.5 Å². The van der Waals surface area contributed by atoms with E-state index in [9.17, 15) is 9.90 Å². The van der Waals surface area contributed by atoms with Crippen LogP contribution in [-0.4, -0.2) is 29.9 Å². The molecule has 0 saturated carbocycles. The number of allylic oxidation sites excluding steroid dienone is 3. The summed E-state index contributed by atoms with van der Waals surface area (Å²) < 4.78 is 0. The first-order valence-electron chi connectivity index (χ1n) is 5.74. The van der Waals surface area contributed by atoms with Gasteiger partial charge in [0.1, 0.15) is 5.75 Å². The van der Waals surface area contributed by atoms with Crippen LogP contribution in [0, 0.1) is 0 Å². The van der Waals surface area contributed by atoms with Crippen LogP contribution in [0.2, 0.25) is 0 Å². The Morgan fingerprint density at radius 1 is 1.33 bits per heavy atom. The van der Waals surface area contributed by atoms with Crippen molar-refractivity contribution in [2.45, 2.75) is 0 Å². The summed E-state index contributed by atoms with van der Waals surface area (Å²) in [7, 11) is 2.02. The summed E-state index contributed by atoms with van der Waals surface area (Å²) in [5.74, 6) is 0.0144. The van der Waals surface area contributed by atoms with Crippen LogP contribution < -0.4 is 0 Å². The van der Waals surface area contributed by atoms with Gasteiger partial charge in [0.25, 0.3) is 0 Å². The van der Waals surface area contributed by atoms with Crippen LogP contribution in [0.3, 0.4) is 0 Å². The molecule has 2 rings (SSSR count). The van der Waals surface area contributed by atoms with E-state index in [1.54, 1.807) is 12.1 Å². The van der Waals surface area contributed by atoms with Gasteiger partial charge in [0.2, 0.25) is 0 Å². The standard InChI is InChI=1S/C15H15NO2/c1-16-8-6-12(7-9-16)2-3-13-4-5-15(18)14(10-13)11-17/h2-8,10-11,18H,9H2,1H3/b3-2+. The smallest absolute Gasteiger partial charge is 0.153 e. The Morgan fingerprint density at radius 2 is 2.17 bits per heavy atom. The maximum Gasteiger partial charge on any atom is 0.153 e. The van der Waals surface area contributed by atoms with Gasteiger partial charge in [-0.2, -0.15) is 0 Å². The van der Waals surface area contributed by atoms with E-state index in [4.69, 9.17) is 0 Å². The van der Waals surface area contributed by atoms with Crippen molar-refractivity contribution in [3.63, 3.8) is 0 Å². The number of phenols is 1. The van der Waals surface area contributed by atoms with E-state index < -0.39 is 0 Å². The average Bonchev–Trinajstić information content (AvgIpc) is 2.39. The van der Waals surface area contributed by atoms with E-state index in [1.165, 1.54) is 6.07 Å². The summed E-state index contributed by atoms with van der Waals surface area (Å²) in [4.78, 5) is 12.8. The molecule has 0 amide bonds. The molecule has 0 saturated heterocycles. The molecule has 0 fully saturated rings. The maximum absolute atomic E-state index is 10.7. The van der Waals surface area contributed by atoms with Crippen molar-refractivity contribution < 1.29 is 9.90 Å². The number of nitrogens with zero attached hydrogens (tertiary/aromatic N) is 1. The zero-order valence-electron chi connectivity index (χ0n) is 10.2. The molecular formula is C15H15NO2. The molecule has 1 N–H and O–H groups in total. The van der Waals surface area contributed by atoms with Gasteiger partial charge in [0, 0.05) is 13.6 Å².